The molecule has 0 unspecified atom stereocenters. The molecule has 3 rings (SSSR count). The molecule has 0 aliphatic carbocycles. The molecule has 140 valence electrons. The number of benzene rings is 2. The van der Waals surface area contributed by atoms with Gasteiger partial charge in [-0.25, -0.2) is 4.79 Å². The number of carbonyl (C=O) groups is 1. The maximum absolute atomic E-state index is 10.1. The average molecular weight is 375 g/mol. The lowest BCUT2D eigenvalue weighted by Gasteiger charge is -2.13. The Balaban J connectivity index is 0.000000209. The minimum Gasteiger partial charge on any atom is -0.465 e. The molecule has 1 aliphatic heterocycles. The predicted octanol–water partition coefficient (Wildman–Crippen LogP) is 3.93. The lowest BCUT2D eigenvalue weighted by atomic mass is 10.2. The molecule has 0 bridgehead atoms. The van der Waals surface area contributed by atoms with E-state index in [0.717, 1.165) is 19.6 Å². The topological polar surface area (TPSA) is 72.8 Å². The fourth-order valence-corrected chi connectivity index (χ4v) is 3.81. The zero-order valence-electron chi connectivity index (χ0n) is 15.1. The molecule has 6 heteroatoms. The number of carboxylic acid groups (broad SMARTS) is 1. The van der Waals surface area contributed by atoms with Crippen molar-refractivity contribution in [2.24, 2.45) is 0 Å². The summed E-state index contributed by atoms with van der Waals surface area (Å²) in [6.07, 6.45) is -1.22. The SMILES string of the molecule is CCN1C[C@H](Sc2ccc(C)cc2)[C@@H](O)C1.O=C(O)Nc1ccccc1. The third-order valence-corrected chi connectivity index (χ3v) is 5.40. The summed E-state index contributed by atoms with van der Waals surface area (Å²) in [5, 5.41) is 20.7. The molecule has 5 nitrogen and oxygen atoms in total. The van der Waals surface area contributed by atoms with Gasteiger partial charge in [0.25, 0.3) is 0 Å². The maximum Gasteiger partial charge on any atom is 0.409 e. The summed E-state index contributed by atoms with van der Waals surface area (Å²) in [7, 11) is 0. The van der Waals surface area contributed by atoms with E-state index in [1.165, 1.54) is 10.5 Å². The van der Waals surface area contributed by atoms with Gasteiger partial charge in [-0.15, -0.1) is 11.8 Å². The standard InChI is InChI=1S/C13H19NOS.C7H7NO2/c1-3-14-8-12(15)13(9-14)16-11-6-4-10(2)5-7-11;9-7(10)8-6-4-2-1-3-5-6/h4-7,12-13,15H,3,8-9H2,1-2H3;1-5,8H,(H,9,10)/t12-,13-;/m0./s1. The molecule has 2 aromatic carbocycles. The molecule has 0 aromatic heterocycles. The minimum atomic E-state index is -1.04. The highest BCUT2D eigenvalue weighted by Crippen LogP contribution is 2.30. The van der Waals surface area contributed by atoms with Crippen molar-refractivity contribution >= 4 is 23.5 Å². The molecule has 1 aliphatic rings. The summed E-state index contributed by atoms with van der Waals surface area (Å²) in [5.41, 5.74) is 1.88. The Morgan fingerprint density at radius 2 is 1.81 bits per heavy atom. The number of β-amino-alcohol motifs (C(OH)–C–C–N with tert-alkyl or cyclic N) is 1. The van der Waals surface area contributed by atoms with Gasteiger partial charge < -0.3 is 10.2 Å². The normalized spacial score (nSPS) is 19.5. The quantitative estimate of drug-likeness (QED) is 0.756. The van der Waals surface area contributed by atoms with Crippen molar-refractivity contribution < 1.29 is 15.0 Å². The molecule has 2 aromatic rings. The number of para-hydroxylation sites is 1. The molecule has 1 fully saturated rings. The highest BCUT2D eigenvalue weighted by atomic mass is 32.2. The van der Waals surface area contributed by atoms with Crippen LogP contribution >= 0.6 is 11.8 Å². The number of nitrogens with one attached hydrogen (secondary N) is 1. The highest BCUT2D eigenvalue weighted by Gasteiger charge is 2.30. The fourth-order valence-electron chi connectivity index (χ4n) is 2.64. The van der Waals surface area contributed by atoms with E-state index in [9.17, 15) is 9.90 Å². The number of rotatable bonds is 4. The van der Waals surface area contributed by atoms with Crippen LogP contribution in [0.5, 0.6) is 0 Å². The molecule has 2 atom stereocenters. The number of likely N-dealkylation sites (N-methyl/N-ethyl adjacent to an activating group) is 1. The van der Waals surface area contributed by atoms with Gasteiger partial charge >= 0.3 is 6.09 Å². The van der Waals surface area contributed by atoms with Gasteiger partial charge in [0.05, 0.1) is 6.10 Å². The van der Waals surface area contributed by atoms with Crippen LogP contribution in [0.1, 0.15) is 12.5 Å². The van der Waals surface area contributed by atoms with E-state index in [1.54, 1.807) is 36.0 Å². The van der Waals surface area contributed by atoms with Crippen molar-refractivity contribution in [2.75, 3.05) is 25.0 Å². The highest BCUT2D eigenvalue weighted by molar-refractivity contribution is 8.00. The van der Waals surface area contributed by atoms with E-state index in [0.29, 0.717) is 10.9 Å². The largest absolute Gasteiger partial charge is 0.465 e. The van der Waals surface area contributed by atoms with Crippen molar-refractivity contribution in [1.29, 1.82) is 0 Å². The van der Waals surface area contributed by atoms with Gasteiger partial charge in [-0.3, -0.25) is 10.2 Å². The Hall–Kier alpha value is -2.02. The molecule has 3 N–H and O–H groups in total. The van der Waals surface area contributed by atoms with Gasteiger partial charge in [-0.05, 0) is 37.7 Å². The van der Waals surface area contributed by atoms with Gasteiger partial charge in [0.15, 0.2) is 0 Å². The number of thioether (sulfide) groups is 1. The predicted molar refractivity (Wildman–Crippen MR) is 107 cm³/mol. The summed E-state index contributed by atoms with van der Waals surface area (Å²) < 4.78 is 0. The van der Waals surface area contributed by atoms with Gasteiger partial charge in [-0.1, -0.05) is 42.8 Å². The summed E-state index contributed by atoms with van der Waals surface area (Å²) in [4.78, 5) is 13.6. The van der Waals surface area contributed by atoms with Crippen LogP contribution in [0, 0.1) is 6.92 Å². The number of amides is 1. The van der Waals surface area contributed by atoms with Crippen LogP contribution in [-0.2, 0) is 0 Å². The van der Waals surface area contributed by atoms with Crippen molar-refractivity contribution in [3.63, 3.8) is 0 Å². The maximum atomic E-state index is 10.1. The Morgan fingerprint density at radius 1 is 1.15 bits per heavy atom. The van der Waals surface area contributed by atoms with Gasteiger partial charge in [0.2, 0.25) is 0 Å². The number of nitrogens with zero attached hydrogens (tertiary/aromatic N) is 1. The lowest BCUT2D eigenvalue weighted by Crippen LogP contribution is -2.21. The zero-order chi connectivity index (χ0) is 18.9. The van der Waals surface area contributed by atoms with E-state index >= 15 is 0 Å². The van der Waals surface area contributed by atoms with Crippen LogP contribution < -0.4 is 5.32 Å². The third kappa shape index (κ3) is 6.71. The molecule has 0 radical (unpaired) electrons. The molecule has 0 saturated carbocycles. The number of aryl methyl sites for hydroxylation is 1. The molecular weight excluding hydrogens is 348 g/mol. The first kappa shape index (κ1) is 20.3. The van der Waals surface area contributed by atoms with E-state index in [4.69, 9.17) is 5.11 Å². The Labute approximate surface area is 159 Å². The van der Waals surface area contributed by atoms with Crippen LogP contribution in [0.4, 0.5) is 10.5 Å². The average Bonchev–Trinajstić information content (AvgIpc) is 2.98. The molecule has 1 amide bonds. The Bertz CT molecular complexity index is 679. The number of aliphatic hydroxyl groups is 1. The first-order valence-corrected chi connectivity index (χ1v) is 9.54. The van der Waals surface area contributed by atoms with Crippen LogP contribution in [0.25, 0.3) is 0 Å². The van der Waals surface area contributed by atoms with Crippen molar-refractivity contribution in [3.8, 4) is 0 Å². The molecule has 1 heterocycles. The van der Waals surface area contributed by atoms with Crippen molar-refractivity contribution in [1.82, 2.24) is 4.90 Å². The van der Waals surface area contributed by atoms with Gasteiger partial charge in [0.1, 0.15) is 0 Å². The Kier molecular flexibility index (Phi) is 7.97. The van der Waals surface area contributed by atoms with E-state index < -0.39 is 6.09 Å². The summed E-state index contributed by atoms with van der Waals surface area (Å²) in [5.74, 6) is 0. The smallest absolute Gasteiger partial charge is 0.409 e. The number of likely N-dealkylation sites (tertiary alicyclic amines) is 1. The minimum absolute atomic E-state index is 0.189. The molecular formula is C20H26N2O3S. The van der Waals surface area contributed by atoms with Crippen molar-refractivity contribution in [2.45, 2.75) is 30.1 Å². The molecule has 0 spiro atoms. The van der Waals surface area contributed by atoms with E-state index in [1.807, 2.05) is 6.07 Å². The summed E-state index contributed by atoms with van der Waals surface area (Å²) in [6.45, 7) is 7.08. The first-order valence-electron chi connectivity index (χ1n) is 8.66. The summed E-state index contributed by atoms with van der Waals surface area (Å²) >= 11 is 1.80. The van der Waals surface area contributed by atoms with Crippen LogP contribution in [0.2, 0.25) is 0 Å². The Morgan fingerprint density at radius 3 is 2.35 bits per heavy atom. The lowest BCUT2D eigenvalue weighted by molar-refractivity contribution is 0.181. The summed E-state index contributed by atoms with van der Waals surface area (Å²) in [6, 6.07) is 17.3. The van der Waals surface area contributed by atoms with Gasteiger partial charge in [0, 0.05) is 28.9 Å². The second kappa shape index (κ2) is 10.2. The van der Waals surface area contributed by atoms with E-state index in [-0.39, 0.29) is 6.10 Å². The van der Waals surface area contributed by atoms with Crippen LogP contribution in [0.3, 0.4) is 0 Å². The number of anilines is 1. The number of aliphatic hydroxyl groups excluding tert-OH is 1. The van der Waals surface area contributed by atoms with Gasteiger partial charge in [-0.2, -0.15) is 0 Å². The number of hydrogen-bond donors (Lipinski definition) is 3. The van der Waals surface area contributed by atoms with Crippen LogP contribution in [0.15, 0.2) is 59.5 Å². The second-order valence-corrected chi connectivity index (χ2v) is 7.50. The third-order valence-electron chi connectivity index (χ3n) is 4.09. The fraction of sp³-hybridized carbons (Fsp3) is 0.350. The monoisotopic (exact) mass is 374 g/mol. The van der Waals surface area contributed by atoms with Crippen molar-refractivity contribution in [3.05, 3.63) is 60.2 Å². The zero-order valence-corrected chi connectivity index (χ0v) is 15.9. The molecule has 1 saturated heterocycles. The molecule has 26 heavy (non-hydrogen) atoms. The first-order chi connectivity index (χ1) is 12.5. The number of hydrogen-bond acceptors (Lipinski definition) is 4. The van der Waals surface area contributed by atoms with E-state index in [2.05, 4.69) is 48.3 Å². The van der Waals surface area contributed by atoms with Crippen LogP contribution in [-0.4, -0.2) is 52.2 Å². The second-order valence-electron chi connectivity index (χ2n) is 6.19.